The molecule has 0 saturated carbocycles. The summed E-state index contributed by atoms with van der Waals surface area (Å²) in [6.45, 7) is 6.04. The van der Waals surface area contributed by atoms with Gasteiger partial charge in [-0.25, -0.2) is 18.2 Å². The molecule has 0 saturated heterocycles. The van der Waals surface area contributed by atoms with Gasteiger partial charge >= 0.3 is 0 Å². The van der Waals surface area contributed by atoms with E-state index < -0.39 is 34.4 Å². The fourth-order valence-corrected chi connectivity index (χ4v) is 5.71. The highest BCUT2D eigenvalue weighted by Crippen LogP contribution is 2.47. The standard InChI is InChI=1S/C32H29F4N3O3.CH4O/c1-31(2)17-32(3,19(16-41)7-4-6-18(31)8-5-13-40)24-15-38-30(39-24)22-14-20(9-10-23(22)33)42-29-25(34)21-11-12-37-28(21)26(35)27(29)36;1-2/h4,6-7,9-16,37,41H,5,8,17H2,1-3H3,(H,38,39);2H,1H3/b7-4-,18-6-,19-16-;. The first-order valence-electron chi connectivity index (χ1n) is 13.8. The molecular weight excluding hydrogens is 578 g/mol. The molecule has 5 rings (SSSR count). The van der Waals surface area contributed by atoms with Gasteiger partial charge in [-0.2, -0.15) is 4.39 Å². The summed E-state index contributed by atoms with van der Waals surface area (Å²) >= 11 is 0. The lowest BCUT2D eigenvalue weighted by atomic mass is 9.64. The fourth-order valence-electron chi connectivity index (χ4n) is 5.71. The molecule has 1 atom stereocenters. The number of aliphatic hydroxyl groups is 2. The number of allylic oxidation sites excluding steroid dienone is 5. The molecule has 1 aliphatic rings. The van der Waals surface area contributed by atoms with Crippen molar-refractivity contribution in [1.29, 1.82) is 0 Å². The zero-order valence-electron chi connectivity index (χ0n) is 24.6. The van der Waals surface area contributed by atoms with Gasteiger partial charge in [-0.05, 0) is 55.0 Å². The maximum absolute atomic E-state index is 15.1. The van der Waals surface area contributed by atoms with Crippen molar-refractivity contribution in [1.82, 2.24) is 15.0 Å². The molecule has 1 unspecified atom stereocenters. The van der Waals surface area contributed by atoms with E-state index in [1.807, 2.05) is 19.1 Å². The number of hydrogen-bond acceptors (Lipinski definition) is 5. The Morgan fingerprint density at radius 3 is 2.52 bits per heavy atom. The molecule has 1 aliphatic carbocycles. The van der Waals surface area contributed by atoms with Crippen LogP contribution in [0, 0.1) is 28.7 Å². The molecule has 4 N–H and O–H groups in total. The number of aliphatic hydroxyl groups excluding tert-OH is 2. The van der Waals surface area contributed by atoms with Crippen molar-refractivity contribution < 1.29 is 37.3 Å². The average Bonchev–Trinajstić information content (AvgIpc) is 3.70. The topological polar surface area (TPSA) is 111 Å². The Hall–Kier alpha value is -4.64. The second-order valence-corrected chi connectivity index (χ2v) is 11.2. The number of carbonyl (C=O) groups is 1. The number of aromatic nitrogens is 3. The molecule has 7 nitrogen and oxygen atoms in total. The summed E-state index contributed by atoms with van der Waals surface area (Å²) in [6.07, 6.45) is 11.8. The van der Waals surface area contributed by atoms with Crippen LogP contribution in [0.1, 0.15) is 45.7 Å². The largest absolute Gasteiger partial charge is 0.515 e. The number of nitrogens with one attached hydrogen (secondary N) is 2. The van der Waals surface area contributed by atoms with Gasteiger partial charge in [-0.1, -0.05) is 37.6 Å². The lowest BCUT2D eigenvalue weighted by Crippen LogP contribution is -2.33. The number of aromatic amines is 2. The van der Waals surface area contributed by atoms with Crippen LogP contribution in [0.5, 0.6) is 11.5 Å². The van der Waals surface area contributed by atoms with E-state index >= 15 is 4.39 Å². The summed E-state index contributed by atoms with van der Waals surface area (Å²) in [5.74, 6) is -5.59. The number of hydrogen-bond donors (Lipinski definition) is 4. The molecular formula is C33H33F4N3O4. The molecule has 0 spiro atoms. The number of ether oxygens (including phenoxy) is 1. The van der Waals surface area contributed by atoms with Gasteiger partial charge < -0.3 is 29.7 Å². The van der Waals surface area contributed by atoms with Gasteiger partial charge in [0, 0.05) is 42.4 Å². The molecule has 0 fully saturated rings. The summed E-state index contributed by atoms with van der Waals surface area (Å²) in [5, 5.41) is 17.0. The molecule has 44 heavy (non-hydrogen) atoms. The van der Waals surface area contributed by atoms with Gasteiger partial charge in [-0.3, -0.25) is 0 Å². The van der Waals surface area contributed by atoms with Crippen LogP contribution < -0.4 is 4.74 Å². The van der Waals surface area contributed by atoms with Crippen molar-refractivity contribution in [2.75, 3.05) is 7.11 Å². The first-order chi connectivity index (χ1) is 21.0. The van der Waals surface area contributed by atoms with Crippen LogP contribution in [-0.4, -0.2) is 38.6 Å². The summed E-state index contributed by atoms with van der Waals surface area (Å²) < 4.78 is 64.6. The number of aldehydes is 1. The van der Waals surface area contributed by atoms with Crippen LogP contribution in [-0.2, 0) is 10.2 Å². The minimum Gasteiger partial charge on any atom is -0.515 e. The van der Waals surface area contributed by atoms with Gasteiger partial charge in [0.25, 0.3) is 0 Å². The molecule has 2 aromatic heterocycles. The van der Waals surface area contributed by atoms with E-state index in [1.54, 1.807) is 12.3 Å². The second kappa shape index (κ2) is 12.9. The molecule has 0 bridgehead atoms. The molecule has 4 aromatic rings. The lowest BCUT2D eigenvalue weighted by molar-refractivity contribution is -0.107. The normalized spacial score (nSPS) is 20.7. The number of nitrogens with zero attached hydrogens (tertiary/aromatic N) is 1. The number of imidazole rings is 1. The van der Waals surface area contributed by atoms with Crippen LogP contribution in [0.3, 0.4) is 0 Å². The number of halogens is 4. The van der Waals surface area contributed by atoms with Crippen molar-refractivity contribution in [2.45, 2.75) is 45.4 Å². The Morgan fingerprint density at radius 2 is 1.82 bits per heavy atom. The molecule has 2 heterocycles. The molecule has 11 heteroatoms. The van der Waals surface area contributed by atoms with E-state index in [0.717, 1.165) is 31.3 Å². The first kappa shape index (κ1) is 32.3. The summed E-state index contributed by atoms with van der Waals surface area (Å²) in [4.78, 5) is 21.0. The third-order valence-electron chi connectivity index (χ3n) is 7.92. The van der Waals surface area contributed by atoms with Crippen molar-refractivity contribution in [3.05, 3.63) is 101 Å². The Balaban J connectivity index is 0.00000216. The highest BCUT2D eigenvalue weighted by Gasteiger charge is 2.40. The minimum absolute atomic E-state index is 0.0481. The predicted octanol–water partition coefficient (Wildman–Crippen LogP) is 8.11. The fraction of sp³-hybridized carbons (Fsp3) is 0.273. The number of carbonyl (C=O) groups excluding carboxylic acids is 1. The third kappa shape index (κ3) is 5.92. The lowest BCUT2D eigenvalue weighted by Gasteiger charge is -2.40. The van der Waals surface area contributed by atoms with Crippen LogP contribution >= 0.6 is 0 Å². The summed E-state index contributed by atoms with van der Waals surface area (Å²) in [6, 6.07) is 4.69. The van der Waals surface area contributed by atoms with E-state index in [4.69, 9.17) is 9.84 Å². The van der Waals surface area contributed by atoms with Crippen molar-refractivity contribution in [3.63, 3.8) is 0 Å². The number of rotatable bonds is 7. The smallest absolute Gasteiger partial charge is 0.206 e. The molecule has 2 aromatic carbocycles. The van der Waals surface area contributed by atoms with Gasteiger partial charge in [0.1, 0.15) is 23.7 Å². The molecule has 0 radical (unpaired) electrons. The van der Waals surface area contributed by atoms with Crippen LogP contribution in [0.4, 0.5) is 17.6 Å². The maximum Gasteiger partial charge on any atom is 0.206 e. The Morgan fingerprint density at radius 1 is 1.07 bits per heavy atom. The van der Waals surface area contributed by atoms with Crippen molar-refractivity contribution in [3.8, 4) is 22.9 Å². The van der Waals surface area contributed by atoms with Crippen molar-refractivity contribution in [2.24, 2.45) is 5.41 Å². The van der Waals surface area contributed by atoms with E-state index in [2.05, 4.69) is 28.8 Å². The molecule has 0 aliphatic heterocycles. The number of benzene rings is 2. The zero-order chi connectivity index (χ0) is 32.2. The predicted molar refractivity (Wildman–Crippen MR) is 159 cm³/mol. The van der Waals surface area contributed by atoms with Gasteiger partial charge in [0.15, 0.2) is 11.6 Å². The molecule has 0 amide bonds. The summed E-state index contributed by atoms with van der Waals surface area (Å²) in [5.41, 5.74) is 0.666. The quantitative estimate of drug-likeness (QED) is 0.0730. The number of H-pyrrole nitrogens is 2. The Labute approximate surface area is 251 Å². The highest BCUT2D eigenvalue weighted by molar-refractivity contribution is 5.82. The Kier molecular flexibility index (Phi) is 9.48. The first-order valence-corrected chi connectivity index (χ1v) is 13.8. The van der Waals surface area contributed by atoms with Gasteiger partial charge in [0.2, 0.25) is 11.6 Å². The van der Waals surface area contributed by atoms with Crippen LogP contribution in [0.25, 0.3) is 22.3 Å². The van der Waals surface area contributed by atoms with Crippen LogP contribution in [0.2, 0.25) is 0 Å². The second-order valence-electron chi connectivity index (χ2n) is 11.2. The zero-order valence-corrected chi connectivity index (χ0v) is 24.6. The summed E-state index contributed by atoms with van der Waals surface area (Å²) in [7, 11) is 1.00. The Bertz CT molecular complexity index is 1770. The minimum atomic E-state index is -1.52. The maximum atomic E-state index is 15.1. The van der Waals surface area contributed by atoms with Crippen molar-refractivity contribution >= 4 is 17.2 Å². The van der Waals surface area contributed by atoms with E-state index in [9.17, 15) is 23.1 Å². The van der Waals surface area contributed by atoms with Gasteiger partial charge in [-0.15, -0.1) is 0 Å². The number of fused-ring (bicyclic) bond motifs is 1. The molecule has 232 valence electrons. The van der Waals surface area contributed by atoms with E-state index in [0.29, 0.717) is 30.5 Å². The van der Waals surface area contributed by atoms with E-state index in [1.165, 1.54) is 24.4 Å². The highest BCUT2D eigenvalue weighted by atomic mass is 19.2. The monoisotopic (exact) mass is 611 g/mol. The van der Waals surface area contributed by atoms with Crippen LogP contribution in [0.15, 0.2) is 72.3 Å². The van der Waals surface area contributed by atoms with E-state index in [-0.39, 0.29) is 33.5 Å². The third-order valence-corrected chi connectivity index (χ3v) is 7.92. The SMILES string of the molecule is CC1(C)CC(C)(c2cnc(-c3cc(Oc4c(F)c(F)c5[nH]ccc5c4F)ccc3F)[nH]2)C(=C\O)/C=C\C=C/1CCC=O.CO. The van der Waals surface area contributed by atoms with Gasteiger partial charge in [0.05, 0.1) is 17.3 Å². The average molecular weight is 612 g/mol.